The van der Waals surface area contributed by atoms with E-state index in [1.54, 1.807) is 11.1 Å². The van der Waals surface area contributed by atoms with Crippen molar-refractivity contribution >= 4 is 11.8 Å². The minimum Gasteiger partial charge on any atom is -0.489 e. The van der Waals surface area contributed by atoms with Gasteiger partial charge in [0.25, 0.3) is 0 Å². The van der Waals surface area contributed by atoms with Crippen LogP contribution < -0.4 is 10.1 Å². The molecule has 0 radical (unpaired) electrons. The molecule has 1 N–H and O–H groups in total. The van der Waals surface area contributed by atoms with E-state index in [1.165, 1.54) is 18.4 Å². The van der Waals surface area contributed by atoms with Crippen molar-refractivity contribution in [3.63, 3.8) is 0 Å². The van der Waals surface area contributed by atoms with Gasteiger partial charge in [-0.2, -0.15) is 0 Å². The molecule has 5 heteroatoms. The molecule has 0 bridgehead atoms. The van der Waals surface area contributed by atoms with Crippen LogP contribution in [0.3, 0.4) is 0 Å². The molecule has 2 amide bonds. The summed E-state index contributed by atoms with van der Waals surface area (Å²) in [5.74, 6) is 2.12. The number of amides is 2. The largest absolute Gasteiger partial charge is 0.489 e. The van der Waals surface area contributed by atoms with E-state index in [4.69, 9.17) is 4.74 Å². The number of rotatable bonds is 2. The maximum atomic E-state index is 12.7. The van der Waals surface area contributed by atoms with Crippen LogP contribution in [0.15, 0.2) is 42.6 Å². The zero-order valence-corrected chi connectivity index (χ0v) is 13.7. The molecule has 1 fully saturated rings. The van der Waals surface area contributed by atoms with Gasteiger partial charge in [-0.05, 0) is 49.4 Å². The molecule has 124 valence electrons. The number of nitrogens with one attached hydrogen (secondary N) is 1. The highest BCUT2D eigenvalue weighted by Crippen LogP contribution is 2.40. The van der Waals surface area contributed by atoms with Gasteiger partial charge in [-0.1, -0.05) is 18.2 Å². The molecular formula is C19H21N3O2. The SMILES string of the molecule is CC1CN(C(=O)Nc2cc(C3CC3)ccn2)Cc2ccccc2O1. The minimum atomic E-state index is -0.136. The predicted molar refractivity (Wildman–Crippen MR) is 92.2 cm³/mol. The highest BCUT2D eigenvalue weighted by molar-refractivity contribution is 5.88. The Labute approximate surface area is 141 Å². The third-order valence-electron chi connectivity index (χ3n) is 4.49. The molecule has 0 spiro atoms. The third-order valence-corrected chi connectivity index (χ3v) is 4.49. The average molecular weight is 323 g/mol. The van der Waals surface area contributed by atoms with Crippen LogP contribution in [0.2, 0.25) is 0 Å². The number of anilines is 1. The number of carbonyl (C=O) groups excluding carboxylic acids is 1. The van der Waals surface area contributed by atoms with Gasteiger partial charge in [0.2, 0.25) is 0 Å². The predicted octanol–water partition coefficient (Wildman–Crippen LogP) is 3.77. The Morgan fingerprint density at radius 2 is 2.12 bits per heavy atom. The molecule has 1 aromatic carbocycles. The number of aromatic nitrogens is 1. The number of hydrogen-bond acceptors (Lipinski definition) is 3. The fraction of sp³-hybridized carbons (Fsp3) is 0.368. The van der Waals surface area contributed by atoms with Crippen molar-refractivity contribution in [1.82, 2.24) is 9.88 Å². The zero-order valence-electron chi connectivity index (χ0n) is 13.7. The number of nitrogens with zero attached hydrogens (tertiary/aromatic N) is 2. The summed E-state index contributed by atoms with van der Waals surface area (Å²) in [5, 5.41) is 2.93. The van der Waals surface area contributed by atoms with Crippen LogP contribution in [0.4, 0.5) is 10.6 Å². The molecule has 1 saturated carbocycles. The summed E-state index contributed by atoms with van der Waals surface area (Å²) >= 11 is 0. The van der Waals surface area contributed by atoms with Crippen molar-refractivity contribution in [1.29, 1.82) is 0 Å². The van der Waals surface area contributed by atoms with Crippen molar-refractivity contribution in [3.05, 3.63) is 53.7 Å². The first-order chi connectivity index (χ1) is 11.7. The first-order valence-corrected chi connectivity index (χ1v) is 8.45. The molecule has 2 aliphatic rings. The Kier molecular flexibility index (Phi) is 3.84. The zero-order chi connectivity index (χ0) is 16.5. The summed E-state index contributed by atoms with van der Waals surface area (Å²) in [6, 6.07) is 11.8. The number of carbonyl (C=O) groups is 1. The normalized spacial score (nSPS) is 19.9. The number of para-hydroxylation sites is 1. The summed E-state index contributed by atoms with van der Waals surface area (Å²) in [6.07, 6.45) is 4.18. The molecule has 24 heavy (non-hydrogen) atoms. The second kappa shape index (κ2) is 6.15. The van der Waals surface area contributed by atoms with E-state index in [1.807, 2.05) is 43.3 Å². The number of urea groups is 1. The second-order valence-electron chi connectivity index (χ2n) is 6.60. The lowest BCUT2D eigenvalue weighted by molar-refractivity contribution is 0.166. The van der Waals surface area contributed by atoms with Crippen LogP contribution in [0.5, 0.6) is 5.75 Å². The van der Waals surface area contributed by atoms with Gasteiger partial charge in [-0.3, -0.25) is 5.32 Å². The van der Waals surface area contributed by atoms with Gasteiger partial charge in [-0.15, -0.1) is 0 Å². The van der Waals surface area contributed by atoms with E-state index in [-0.39, 0.29) is 12.1 Å². The van der Waals surface area contributed by atoms with Crippen LogP contribution in [0.1, 0.15) is 36.8 Å². The van der Waals surface area contributed by atoms with Gasteiger partial charge < -0.3 is 9.64 Å². The van der Waals surface area contributed by atoms with E-state index in [0.29, 0.717) is 24.8 Å². The number of ether oxygens (including phenoxy) is 1. The van der Waals surface area contributed by atoms with Crippen molar-refractivity contribution in [2.75, 3.05) is 11.9 Å². The number of pyridine rings is 1. The first-order valence-electron chi connectivity index (χ1n) is 8.45. The standard InChI is InChI=1S/C19H21N3O2/c1-13-11-22(12-16-4-2-3-5-17(16)24-13)19(23)21-18-10-15(8-9-20-18)14-6-7-14/h2-5,8-10,13-14H,6-7,11-12H2,1H3,(H,20,21,23). The Balaban J connectivity index is 1.50. The molecule has 4 rings (SSSR count). The van der Waals surface area contributed by atoms with E-state index < -0.39 is 0 Å². The highest BCUT2D eigenvalue weighted by Gasteiger charge is 2.26. The molecule has 2 heterocycles. The van der Waals surface area contributed by atoms with Gasteiger partial charge in [0, 0.05) is 11.8 Å². The molecule has 1 atom stereocenters. The molecule has 1 aromatic heterocycles. The topological polar surface area (TPSA) is 54.5 Å². The van der Waals surface area contributed by atoms with Gasteiger partial charge in [-0.25, -0.2) is 9.78 Å². The molecule has 1 unspecified atom stereocenters. The van der Waals surface area contributed by atoms with Gasteiger partial charge >= 0.3 is 6.03 Å². The molecule has 1 aliphatic heterocycles. The molecule has 5 nitrogen and oxygen atoms in total. The van der Waals surface area contributed by atoms with Gasteiger partial charge in [0.15, 0.2) is 0 Å². The summed E-state index contributed by atoms with van der Waals surface area (Å²) in [6.45, 7) is 3.06. The van der Waals surface area contributed by atoms with E-state index in [9.17, 15) is 4.79 Å². The smallest absolute Gasteiger partial charge is 0.323 e. The molecular weight excluding hydrogens is 302 g/mol. The first kappa shape index (κ1) is 15.0. The molecule has 1 aliphatic carbocycles. The Hall–Kier alpha value is -2.56. The average Bonchev–Trinajstić information content (AvgIpc) is 3.41. The van der Waals surface area contributed by atoms with Crippen LogP contribution in [0.25, 0.3) is 0 Å². The van der Waals surface area contributed by atoms with Gasteiger partial charge in [0.1, 0.15) is 17.7 Å². The van der Waals surface area contributed by atoms with Gasteiger partial charge in [0.05, 0.1) is 13.1 Å². The van der Waals surface area contributed by atoms with Crippen molar-refractivity contribution in [3.8, 4) is 5.75 Å². The highest BCUT2D eigenvalue weighted by atomic mass is 16.5. The Morgan fingerprint density at radius 3 is 2.96 bits per heavy atom. The van der Waals surface area contributed by atoms with Crippen LogP contribution in [0, 0.1) is 0 Å². The van der Waals surface area contributed by atoms with E-state index in [0.717, 1.165) is 11.3 Å². The maximum absolute atomic E-state index is 12.7. The summed E-state index contributed by atoms with van der Waals surface area (Å²) in [5.41, 5.74) is 2.29. The third kappa shape index (κ3) is 3.20. The fourth-order valence-corrected chi connectivity index (χ4v) is 3.11. The van der Waals surface area contributed by atoms with E-state index in [2.05, 4.69) is 10.3 Å². The summed E-state index contributed by atoms with van der Waals surface area (Å²) in [7, 11) is 0. The number of fused-ring (bicyclic) bond motifs is 1. The second-order valence-corrected chi connectivity index (χ2v) is 6.60. The maximum Gasteiger partial charge on any atom is 0.323 e. The minimum absolute atomic E-state index is 0.0508. The molecule has 2 aromatic rings. The quantitative estimate of drug-likeness (QED) is 0.915. The lowest BCUT2D eigenvalue weighted by atomic mass is 10.2. The number of hydrogen-bond donors (Lipinski definition) is 1. The van der Waals surface area contributed by atoms with Crippen LogP contribution in [-0.4, -0.2) is 28.6 Å². The van der Waals surface area contributed by atoms with Crippen molar-refractivity contribution in [2.24, 2.45) is 0 Å². The summed E-state index contributed by atoms with van der Waals surface area (Å²) < 4.78 is 5.91. The fourth-order valence-electron chi connectivity index (χ4n) is 3.11. The number of benzene rings is 1. The van der Waals surface area contributed by atoms with Crippen LogP contribution in [-0.2, 0) is 6.54 Å². The van der Waals surface area contributed by atoms with Crippen molar-refractivity contribution in [2.45, 2.75) is 38.3 Å². The lowest BCUT2D eigenvalue weighted by Gasteiger charge is -2.22. The molecule has 0 saturated heterocycles. The summed E-state index contributed by atoms with van der Waals surface area (Å²) in [4.78, 5) is 18.8. The Bertz CT molecular complexity index is 758. The van der Waals surface area contributed by atoms with E-state index >= 15 is 0 Å². The monoisotopic (exact) mass is 323 g/mol. The lowest BCUT2D eigenvalue weighted by Crippen LogP contribution is -2.39. The van der Waals surface area contributed by atoms with Crippen molar-refractivity contribution < 1.29 is 9.53 Å². The van der Waals surface area contributed by atoms with Crippen LogP contribution >= 0.6 is 0 Å². The Morgan fingerprint density at radius 1 is 1.29 bits per heavy atom.